The minimum Gasteiger partial charge on any atom is -0.467 e. The molecule has 1 heterocycles. The molecule has 0 saturated heterocycles. The van der Waals surface area contributed by atoms with Crippen LogP contribution in [0.4, 0.5) is 5.69 Å². The van der Waals surface area contributed by atoms with Crippen LogP contribution in [-0.4, -0.2) is 10.8 Å². The Morgan fingerprint density at radius 2 is 1.88 bits per heavy atom. The summed E-state index contributed by atoms with van der Waals surface area (Å²) in [6.45, 7) is 0. The van der Waals surface area contributed by atoms with Crippen LogP contribution in [0.3, 0.4) is 0 Å². The molecular formula is C18H13ClN2O4. The number of carbonyl (C=O) groups excluding carboxylic acids is 1. The van der Waals surface area contributed by atoms with Gasteiger partial charge >= 0.3 is 0 Å². The SMILES string of the molecule is O=C(NC(c1ccccc1)c1ccco1)c1cc([N+](=O)[O-])ccc1Cl. The van der Waals surface area contributed by atoms with Gasteiger partial charge in [0.2, 0.25) is 0 Å². The van der Waals surface area contributed by atoms with Crippen LogP contribution in [0.25, 0.3) is 0 Å². The van der Waals surface area contributed by atoms with Gasteiger partial charge in [-0.05, 0) is 23.8 Å². The highest BCUT2D eigenvalue weighted by Gasteiger charge is 2.22. The highest BCUT2D eigenvalue weighted by molar-refractivity contribution is 6.34. The highest BCUT2D eigenvalue weighted by atomic mass is 35.5. The number of nitro groups is 1. The van der Waals surface area contributed by atoms with Gasteiger partial charge < -0.3 is 9.73 Å². The predicted octanol–water partition coefficient (Wildman–Crippen LogP) is 4.36. The third kappa shape index (κ3) is 3.70. The third-order valence-corrected chi connectivity index (χ3v) is 3.97. The van der Waals surface area contributed by atoms with Crippen LogP contribution in [0.2, 0.25) is 5.02 Å². The first-order valence-electron chi connectivity index (χ1n) is 7.39. The first-order chi connectivity index (χ1) is 12.1. The second-order valence-corrected chi connectivity index (χ2v) is 5.66. The molecular weight excluding hydrogens is 344 g/mol. The molecule has 0 aliphatic carbocycles. The van der Waals surface area contributed by atoms with Crippen molar-refractivity contribution in [3.63, 3.8) is 0 Å². The van der Waals surface area contributed by atoms with Gasteiger partial charge in [0.15, 0.2) is 0 Å². The van der Waals surface area contributed by atoms with Crippen LogP contribution in [0.15, 0.2) is 71.3 Å². The Morgan fingerprint density at radius 3 is 2.52 bits per heavy atom. The summed E-state index contributed by atoms with van der Waals surface area (Å²) >= 11 is 6.04. The fourth-order valence-electron chi connectivity index (χ4n) is 2.43. The molecule has 1 atom stereocenters. The van der Waals surface area contributed by atoms with E-state index < -0.39 is 16.9 Å². The Kier molecular flexibility index (Phi) is 4.81. The van der Waals surface area contributed by atoms with Gasteiger partial charge in [-0.1, -0.05) is 41.9 Å². The molecule has 7 heteroatoms. The molecule has 0 bridgehead atoms. The summed E-state index contributed by atoms with van der Waals surface area (Å²) in [5, 5.41) is 13.9. The van der Waals surface area contributed by atoms with E-state index in [4.69, 9.17) is 16.0 Å². The first-order valence-corrected chi connectivity index (χ1v) is 7.77. The number of nitrogens with zero attached hydrogens (tertiary/aromatic N) is 1. The van der Waals surface area contributed by atoms with E-state index in [1.165, 1.54) is 18.4 Å². The Labute approximate surface area is 148 Å². The Bertz CT molecular complexity index is 895. The Morgan fingerprint density at radius 1 is 1.12 bits per heavy atom. The van der Waals surface area contributed by atoms with Crippen molar-refractivity contribution in [3.05, 3.63) is 99.0 Å². The summed E-state index contributed by atoms with van der Waals surface area (Å²) in [6, 6.07) is 15.9. The quantitative estimate of drug-likeness (QED) is 0.543. The highest BCUT2D eigenvalue weighted by Crippen LogP contribution is 2.26. The first kappa shape index (κ1) is 16.7. The molecule has 1 amide bonds. The third-order valence-electron chi connectivity index (χ3n) is 3.64. The number of halogens is 1. The lowest BCUT2D eigenvalue weighted by molar-refractivity contribution is -0.384. The van der Waals surface area contributed by atoms with Gasteiger partial charge in [0.25, 0.3) is 11.6 Å². The minimum atomic E-state index is -0.575. The zero-order valence-corrected chi connectivity index (χ0v) is 13.6. The standard InChI is InChI=1S/C18H13ClN2O4/c19-15-9-8-13(21(23)24)11-14(15)18(22)20-17(16-7-4-10-25-16)12-5-2-1-3-6-12/h1-11,17H,(H,20,22). The Hall–Kier alpha value is -3.12. The predicted molar refractivity (Wildman–Crippen MR) is 92.6 cm³/mol. The molecule has 3 aromatic rings. The molecule has 3 rings (SSSR count). The van der Waals surface area contributed by atoms with Crippen LogP contribution in [0.5, 0.6) is 0 Å². The van der Waals surface area contributed by atoms with E-state index in [1.807, 2.05) is 30.3 Å². The summed E-state index contributed by atoms with van der Waals surface area (Å²) in [7, 11) is 0. The maximum absolute atomic E-state index is 12.7. The molecule has 0 spiro atoms. The lowest BCUT2D eigenvalue weighted by atomic mass is 10.0. The summed E-state index contributed by atoms with van der Waals surface area (Å²) in [6.07, 6.45) is 1.51. The van der Waals surface area contributed by atoms with E-state index in [9.17, 15) is 14.9 Å². The second-order valence-electron chi connectivity index (χ2n) is 5.25. The van der Waals surface area contributed by atoms with E-state index in [-0.39, 0.29) is 16.3 Å². The number of nitrogens with one attached hydrogen (secondary N) is 1. The minimum absolute atomic E-state index is 0.0309. The fraction of sp³-hybridized carbons (Fsp3) is 0.0556. The molecule has 1 aromatic heterocycles. The van der Waals surface area contributed by atoms with Crippen molar-refractivity contribution in [1.82, 2.24) is 5.32 Å². The maximum atomic E-state index is 12.7. The number of benzene rings is 2. The van der Waals surface area contributed by atoms with Crippen molar-refractivity contribution in [2.45, 2.75) is 6.04 Å². The van der Waals surface area contributed by atoms with Crippen molar-refractivity contribution >= 4 is 23.2 Å². The molecule has 25 heavy (non-hydrogen) atoms. The molecule has 2 aromatic carbocycles. The van der Waals surface area contributed by atoms with Crippen LogP contribution in [-0.2, 0) is 0 Å². The molecule has 0 aliphatic rings. The zero-order chi connectivity index (χ0) is 17.8. The zero-order valence-electron chi connectivity index (χ0n) is 12.9. The lowest BCUT2D eigenvalue weighted by Crippen LogP contribution is -2.29. The summed E-state index contributed by atoms with van der Waals surface area (Å²) in [5.74, 6) is 0.0139. The van der Waals surface area contributed by atoms with Crippen molar-refractivity contribution in [2.75, 3.05) is 0 Å². The number of hydrogen-bond donors (Lipinski definition) is 1. The van der Waals surface area contributed by atoms with Gasteiger partial charge in [-0.3, -0.25) is 14.9 Å². The number of furan rings is 1. The van der Waals surface area contributed by atoms with Gasteiger partial charge in [-0.25, -0.2) is 0 Å². The molecule has 6 nitrogen and oxygen atoms in total. The Balaban J connectivity index is 1.94. The number of carbonyl (C=O) groups is 1. The van der Waals surface area contributed by atoms with Gasteiger partial charge in [0.05, 0.1) is 21.8 Å². The van der Waals surface area contributed by atoms with E-state index in [0.29, 0.717) is 5.76 Å². The van der Waals surface area contributed by atoms with Crippen LogP contribution < -0.4 is 5.32 Å². The largest absolute Gasteiger partial charge is 0.467 e. The average Bonchev–Trinajstić information content (AvgIpc) is 3.14. The molecule has 126 valence electrons. The number of nitro benzene ring substituents is 1. The number of hydrogen-bond acceptors (Lipinski definition) is 4. The topological polar surface area (TPSA) is 85.4 Å². The summed E-state index contributed by atoms with van der Waals surface area (Å²) < 4.78 is 5.42. The molecule has 1 N–H and O–H groups in total. The normalized spacial score (nSPS) is 11.7. The van der Waals surface area contributed by atoms with E-state index >= 15 is 0 Å². The summed E-state index contributed by atoms with van der Waals surface area (Å²) in [4.78, 5) is 23.0. The lowest BCUT2D eigenvalue weighted by Gasteiger charge is -2.17. The molecule has 0 saturated carbocycles. The summed E-state index contributed by atoms with van der Waals surface area (Å²) in [5.41, 5.74) is 0.638. The van der Waals surface area contributed by atoms with Gasteiger partial charge in [0, 0.05) is 12.1 Å². The van der Waals surface area contributed by atoms with E-state index in [0.717, 1.165) is 11.6 Å². The fourth-order valence-corrected chi connectivity index (χ4v) is 2.63. The molecule has 1 unspecified atom stereocenters. The monoisotopic (exact) mass is 356 g/mol. The van der Waals surface area contributed by atoms with Gasteiger partial charge in [-0.15, -0.1) is 0 Å². The number of amides is 1. The van der Waals surface area contributed by atoms with Crippen molar-refractivity contribution in [3.8, 4) is 0 Å². The second kappa shape index (κ2) is 7.19. The van der Waals surface area contributed by atoms with E-state index in [1.54, 1.807) is 12.1 Å². The smallest absolute Gasteiger partial charge is 0.270 e. The van der Waals surface area contributed by atoms with Crippen LogP contribution in [0, 0.1) is 10.1 Å². The molecule has 0 fully saturated rings. The number of rotatable bonds is 5. The molecule has 0 aliphatic heterocycles. The van der Waals surface area contributed by atoms with Crippen LogP contribution in [0.1, 0.15) is 27.7 Å². The van der Waals surface area contributed by atoms with Crippen molar-refractivity contribution < 1.29 is 14.1 Å². The van der Waals surface area contributed by atoms with Gasteiger partial charge in [-0.2, -0.15) is 0 Å². The molecule has 0 radical (unpaired) electrons. The van der Waals surface area contributed by atoms with Crippen molar-refractivity contribution in [1.29, 1.82) is 0 Å². The van der Waals surface area contributed by atoms with Gasteiger partial charge in [0.1, 0.15) is 11.8 Å². The van der Waals surface area contributed by atoms with Crippen molar-refractivity contribution in [2.24, 2.45) is 0 Å². The van der Waals surface area contributed by atoms with Crippen LogP contribution >= 0.6 is 11.6 Å². The van der Waals surface area contributed by atoms with E-state index in [2.05, 4.69) is 5.32 Å². The average molecular weight is 357 g/mol. The number of non-ortho nitro benzene ring substituents is 1. The maximum Gasteiger partial charge on any atom is 0.270 e.